The van der Waals surface area contributed by atoms with Crippen LogP contribution in [0, 0.1) is 0 Å². The molecule has 0 bridgehead atoms. The van der Waals surface area contributed by atoms with E-state index in [1.807, 2.05) is 5.32 Å². The second-order valence-electron chi connectivity index (χ2n) is 3.18. The van der Waals surface area contributed by atoms with Crippen molar-refractivity contribution in [2.45, 2.75) is 26.1 Å². The van der Waals surface area contributed by atoms with Crippen molar-refractivity contribution in [2.75, 3.05) is 26.3 Å². The quantitative estimate of drug-likeness (QED) is 0.680. The molecule has 4 nitrogen and oxygen atoms in total. The van der Waals surface area contributed by atoms with E-state index in [9.17, 15) is 18.0 Å². The molecule has 0 rings (SSSR count). The van der Waals surface area contributed by atoms with Gasteiger partial charge in [0.1, 0.15) is 6.10 Å². The van der Waals surface area contributed by atoms with Gasteiger partial charge in [0.2, 0.25) is 0 Å². The summed E-state index contributed by atoms with van der Waals surface area (Å²) in [5.74, 6) is -0.726. The molecule has 1 N–H and O–H groups in total. The maximum Gasteiger partial charge on any atom is 0.401 e. The summed E-state index contributed by atoms with van der Waals surface area (Å²) in [5.41, 5.74) is 0. The Bertz CT molecular complexity index is 209. The van der Waals surface area contributed by atoms with E-state index in [-0.39, 0.29) is 6.61 Å². The second kappa shape index (κ2) is 7.45. The average Bonchev–Trinajstić information content (AvgIpc) is 2.12. The highest BCUT2D eigenvalue weighted by Crippen LogP contribution is 2.11. The zero-order valence-corrected chi connectivity index (χ0v) is 9.26. The van der Waals surface area contributed by atoms with Crippen molar-refractivity contribution >= 4 is 5.97 Å². The first-order chi connectivity index (χ1) is 7.35. The van der Waals surface area contributed by atoms with E-state index in [0.29, 0.717) is 6.61 Å². The molecule has 0 fully saturated rings. The van der Waals surface area contributed by atoms with Crippen molar-refractivity contribution in [1.82, 2.24) is 5.32 Å². The molecule has 1 atom stereocenters. The Labute approximate surface area is 92.1 Å². The lowest BCUT2D eigenvalue weighted by Gasteiger charge is -2.13. The number of hydrogen-bond acceptors (Lipinski definition) is 4. The van der Waals surface area contributed by atoms with E-state index >= 15 is 0 Å². The molecule has 0 heterocycles. The van der Waals surface area contributed by atoms with Gasteiger partial charge in [-0.25, -0.2) is 0 Å². The van der Waals surface area contributed by atoms with Crippen LogP contribution in [-0.4, -0.2) is 44.6 Å². The van der Waals surface area contributed by atoms with Crippen LogP contribution < -0.4 is 5.32 Å². The first-order valence-corrected chi connectivity index (χ1v) is 4.90. The van der Waals surface area contributed by atoms with E-state index in [1.165, 1.54) is 0 Å². The predicted octanol–water partition coefficient (Wildman–Crippen LogP) is 1.11. The lowest BCUT2D eigenvalue weighted by atomic mass is 10.4. The molecule has 0 saturated heterocycles. The molecule has 0 aromatic carbocycles. The van der Waals surface area contributed by atoms with Crippen molar-refractivity contribution in [1.29, 1.82) is 0 Å². The fourth-order valence-corrected chi connectivity index (χ4v) is 0.890. The molecule has 0 amide bonds. The van der Waals surface area contributed by atoms with Crippen molar-refractivity contribution in [3.8, 4) is 0 Å². The first kappa shape index (κ1) is 15.2. The van der Waals surface area contributed by atoms with E-state index < -0.39 is 31.3 Å². The minimum absolute atomic E-state index is 0.238. The largest absolute Gasteiger partial charge is 0.459 e. The molecule has 0 aromatic rings. The van der Waals surface area contributed by atoms with Crippen LogP contribution in [-0.2, 0) is 14.3 Å². The molecule has 0 aliphatic heterocycles. The van der Waals surface area contributed by atoms with Crippen LogP contribution >= 0.6 is 0 Å². The Morgan fingerprint density at radius 1 is 1.44 bits per heavy atom. The standard InChI is InChI=1S/C9H16F3NO3/c1-3-15-5-7(2)16-8(14)4-13-6-9(10,11)12/h7,13H,3-6H2,1-2H3. The molecule has 0 aliphatic carbocycles. The molecular weight excluding hydrogens is 227 g/mol. The number of alkyl halides is 3. The number of carbonyl (C=O) groups is 1. The summed E-state index contributed by atoms with van der Waals surface area (Å²) in [6.07, 6.45) is -4.78. The molecule has 1 unspecified atom stereocenters. The third kappa shape index (κ3) is 9.72. The van der Waals surface area contributed by atoms with Gasteiger partial charge in [-0.05, 0) is 13.8 Å². The summed E-state index contributed by atoms with van der Waals surface area (Å²) in [5, 5.41) is 1.95. The van der Waals surface area contributed by atoms with Crippen LogP contribution in [0.1, 0.15) is 13.8 Å². The summed E-state index contributed by atoms with van der Waals surface area (Å²) in [7, 11) is 0. The lowest BCUT2D eigenvalue weighted by Crippen LogP contribution is -2.35. The first-order valence-electron chi connectivity index (χ1n) is 4.90. The fraction of sp³-hybridized carbons (Fsp3) is 0.889. The number of carbonyl (C=O) groups excluding carboxylic acids is 1. The van der Waals surface area contributed by atoms with Gasteiger partial charge in [-0.3, -0.25) is 10.1 Å². The molecular formula is C9H16F3NO3. The highest BCUT2D eigenvalue weighted by atomic mass is 19.4. The SMILES string of the molecule is CCOCC(C)OC(=O)CNCC(F)(F)F. The maximum atomic E-state index is 11.7. The number of ether oxygens (including phenoxy) is 2. The second-order valence-corrected chi connectivity index (χ2v) is 3.18. The molecule has 96 valence electrons. The third-order valence-electron chi connectivity index (χ3n) is 1.48. The third-order valence-corrected chi connectivity index (χ3v) is 1.48. The van der Waals surface area contributed by atoms with E-state index in [1.54, 1.807) is 13.8 Å². The summed E-state index contributed by atoms with van der Waals surface area (Å²) in [4.78, 5) is 11.0. The van der Waals surface area contributed by atoms with Crippen LogP contribution in [0.5, 0.6) is 0 Å². The summed E-state index contributed by atoms with van der Waals surface area (Å²) in [6.45, 7) is 2.46. The normalized spacial score (nSPS) is 13.6. The van der Waals surface area contributed by atoms with E-state index in [2.05, 4.69) is 0 Å². The van der Waals surface area contributed by atoms with Crippen LogP contribution in [0.25, 0.3) is 0 Å². The van der Waals surface area contributed by atoms with Crippen LogP contribution in [0.4, 0.5) is 13.2 Å². The van der Waals surface area contributed by atoms with E-state index in [4.69, 9.17) is 9.47 Å². The molecule has 0 spiro atoms. The Morgan fingerprint density at radius 2 is 2.06 bits per heavy atom. The van der Waals surface area contributed by atoms with Crippen molar-refractivity contribution in [2.24, 2.45) is 0 Å². The van der Waals surface area contributed by atoms with Gasteiger partial charge in [-0.1, -0.05) is 0 Å². The highest BCUT2D eigenvalue weighted by molar-refractivity contribution is 5.71. The number of hydrogen-bond donors (Lipinski definition) is 1. The molecule has 7 heteroatoms. The lowest BCUT2D eigenvalue weighted by molar-refractivity contribution is -0.151. The smallest absolute Gasteiger partial charge is 0.401 e. The topological polar surface area (TPSA) is 47.6 Å². The van der Waals surface area contributed by atoms with Gasteiger partial charge in [0.05, 0.1) is 19.7 Å². The van der Waals surface area contributed by atoms with Gasteiger partial charge in [0, 0.05) is 6.61 Å². The fourth-order valence-electron chi connectivity index (χ4n) is 0.890. The Hall–Kier alpha value is -0.820. The van der Waals surface area contributed by atoms with Gasteiger partial charge in [-0.15, -0.1) is 0 Å². The number of rotatable bonds is 7. The zero-order valence-electron chi connectivity index (χ0n) is 9.26. The molecule has 16 heavy (non-hydrogen) atoms. The van der Waals surface area contributed by atoms with Crippen molar-refractivity contribution in [3.05, 3.63) is 0 Å². The minimum atomic E-state index is -4.32. The molecule has 0 radical (unpaired) electrons. The Kier molecular flexibility index (Phi) is 7.07. The monoisotopic (exact) mass is 243 g/mol. The number of nitrogens with one attached hydrogen (secondary N) is 1. The summed E-state index contributed by atoms with van der Waals surface area (Å²) < 4.78 is 44.9. The number of halogens is 3. The summed E-state index contributed by atoms with van der Waals surface area (Å²) in [6, 6.07) is 0. The van der Waals surface area contributed by atoms with Crippen LogP contribution in [0.15, 0.2) is 0 Å². The van der Waals surface area contributed by atoms with Crippen LogP contribution in [0.2, 0.25) is 0 Å². The number of esters is 1. The van der Waals surface area contributed by atoms with Crippen molar-refractivity contribution < 1.29 is 27.4 Å². The van der Waals surface area contributed by atoms with Gasteiger partial charge in [-0.2, -0.15) is 13.2 Å². The molecule has 0 aromatic heterocycles. The predicted molar refractivity (Wildman–Crippen MR) is 51.0 cm³/mol. The van der Waals surface area contributed by atoms with Gasteiger partial charge < -0.3 is 9.47 Å². The van der Waals surface area contributed by atoms with Gasteiger partial charge in [0.15, 0.2) is 0 Å². The van der Waals surface area contributed by atoms with Crippen LogP contribution in [0.3, 0.4) is 0 Å². The summed E-state index contributed by atoms with van der Waals surface area (Å²) >= 11 is 0. The molecule has 0 aliphatic rings. The zero-order chi connectivity index (χ0) is 12.6. The minimum Gasteiger partial charge on any atom is -0.459 e. The maximum absolute atomic E-state index is 11.7. The van der Waals surface area contributed by atoms with Gasteiger partial charge >= 0.3 is 12.1 Å². The average molecular weight is 243 g/mol. The van der Waals surface area contributed by atoms with E-state index in [0.717, 1.165) is 0 Å². The Balaban J connectivity index is 3.58. The molecule has 0 saturated carbocycles. The highest BCUT2D eigenvalue weighted by Gasteiger charge is 2.26. The van der Waals surface area contributed by atoms with Crippen molar-refractivity contribution in [3.63, 3.8) is 0 Å². The van der Waals surface area contributed by atoms with Gasteiger partial charge in [0.25, 0.3) is 0 Å². The Morgan fingerprint density at radius 3 is 2.56 bits per heavy atom.